The summed E-state index contributed by atoms with van der Waals surface area (Å²) in [6.07, 6.45) is 6.98. The molecule has 0 spiro atoms. The minimum Gasteiger partial charge on any atom is -0.358 e. The highest BCUT2D eigenvalue weighted by molar-refractivity contribution is 7.91. The smallest absolute Gasteiger partial charge is 0.295 e. The summed E-state index contributed by atoms with van der Waals surface area (Å²) in [7, 11) is -3.40. The summed E-state index contributed by atoms with van der Waals surface area (Å²) in [5, 5.41) is 3.03. The average Bonchev–Trinajstić information content (AvgIpc) is 3.77. The van der Waals surface area contributed by atoms with Gasteiger partial charge in [0.1, 0.15) is 22.6 Å². The van der Waals surface area contributed by atoms with Gasteiger partial charge >= 0.3 is 0 Å². The molecule has 1 saturated carbocycles. The van der Waals surface area contributed by atoms with E-state index in [1.165, 1.54) is 12.4 Å². The van der Waals surface area contributed by atoms with E-state index < -0.39 is 9.84 Å². The first-order valence-electron chi connectivity index (χ1n) is 13.0. The Morgan fingerprint density at radius 1 is 1.03 bits per heavy atom. The lowest BCUT2D eigenvalue weighted by Crippen LogP contribution is -2.29. The molecule has 0 aromatic carbocycles. The van der Waals surface area contributed by atoms with Crippen LogP contribution in [-0.2, 0) is 16.4 Å². The molecule has 5 rings (SSSR count). The SMILES string of the molecule is CC[C@H](C)n1c(=O)c(NCc2ncc(S(=O)(=O)CC)cn2)nc2c(C)nc(-c3c(C)ncnc3C3CC3)nc21. The summed E-state index contributed by atoms with van der Waals surface area (Å²) in [6.45, 7) is 9.39. The third-order valence-electron chi connectivity index (χ3n) is 7.03. The van der Waals surface area contributed by atoms with E-state index in [1.54, 1.807) is 17.8 Å². The van der Waals surface area contributed by atoms with Crippen LogP contribution in [0.25, 0.3) is 22.6 Å². The van der Waals surface area contributed by atoms with E-state index in [2.05, 4.69) is 30.2 Å². The molecule has 39 heavy (non-hydrogen) atoms. The Balaban J connectivity index is 1.57. The molecule has 12 nitrogen and oxygen atoms in total. The van der Waals surface area contributed by atoms with Gasteiger partial charge in [0.05, 0.1) is 34.9 Å². The van der Waals surface area contributed by atoms with Crippen LogP contribution < -0.4 is 10.9 Å². The summed E-state index contributed by atoms with van der Waals surface area (Å²) in [5.74, 6) is 1.29. The van der Waals surface area contributed by atoms with Crippen LogP contribution >= 0.6 is 0 Å². The molecular weight excluding hydrogens is 518 g/mol. The third kappa shape index (κ3) is 5.10. The Bertz CT molecular complexity index is 1720. The number of fused-ring (bicyclic) bond motifs is 1. The Morgan fingerprint density at radius 3 is 2.38 bits per heavy atom. The van der Waals surface area contributed by atoms with Gasteiger partial charge in [0.15, 0.2) is 27.1 Å². The van der Waals surface area contributed by atoms with E-state index in [4.69, 9.17) is 9.97 Å². The molecule has 1 aliphatic carbocycles. The molecule has 0 aliphatic heterocycles. The van der Waals surface area contributed by atoms with Crippen LogP contribution in [0.5, 0.6) is 0 Å². The van der Waals surface area contributed by atoms with Crippen molar-refractivity contribution in [1.29, 1.82) is 0 Å². The maximum Gasteiger partial charge on any atom is 0.295 e. The molecule has 1 fully saturated rings. The molecule has 13 heteroatoms. The second kappa shape index (κ2) is 10.4. The molecule has 0 saturated heterocycles. The largest absolute Gasteiger partial charge is 0.358 e. The zero-order valence-corrected chi connectivity index (χ0v) is 23.4. The highest BCUT2D eigenvalue weighted by Crippen LogP contribution is 2.43. The van der Waals surface area contributed by atoms with Gasteiger partial charge in [0.25, 0.3) is 5.56 Å². The molecule has 0 radical (unpaired) electrons. The van der Waals surface area contributed by atoms with Gasteiger partial charge < -0.3 is 5.32 Å². The molecule has 0 unspecified atom stereocenters. The second-order valence-corrected chi connectivity index (χ2v) is 12.1. The molecule has 0 amide bonds. The number of nitrogens with zero attached hydrogens (tertiary/aromatic N) is 8. The topological polar surface area (TPSA) is 158 Å². The summed E-state index contributed by atoms with van der Waals surface area (Å²) < 4.78 is 25.7. The van der Waals surface area contributed by atoms with E-state index in [0.717, 1.165) is 29.8 Å². The van der Waals surface area contributed by atoms with Gasteiger partial charge in [-0.3, -0.25) is 9.36 Å². The molecule has 0 bridgehead atoms. The minimum absolute atomic E-state index is 0.0357. The van der Waals surface area contributed by atoms with Crippen LogP contribution in [0.2, 0.25) is 0 Å². The number of aromatic nitrogens is 8. The Hall–Kier alpha value is -3.87. The van der Waals surface area contributed by atoms with Crippen molar-refractivity contribution in [1.82, 2.24) is 39.5 Å². The zero-order chi connectivity index (χ0) is 27.9. The predicted octanol–water partition coefficient (Wildman–Crippen LogP) is 3.30. The van der Waals surface area contributed by atoms with Crippen molar-refractivity contribution in [3.8, 4) is 11.4 Å². The van der Waals surface area contributed by atoms with Crippen LogP contribution in [0.3, 0.4) is 0 Å². The van der Waals surface area contributed by atoms with E-state index >= 15 is 0 Å². The maximum atomic E-state index is 13.7. The van der Waals surface area contributed by atoms with E-state index in [1.807, 2.05) is 27.7 Å². The summed E-state index contributed by atoms with van der Waals surface area (Å²) in [5.41, 5.74) is 3.84. The monoisotopic (exact) mass is 549 g/mol. The molecular formula is C26H31N9O3S. The Labute approximate surface area is 226 Å². The predicted molar refractivity (Wildman–Crippen MR) is 146 cm³/mol. The molecule has 204 valence electrons. The second-order valence-electron chi connectivity index (χ2n) is 9.78. The lowest BCUT2D eigenvalue weighted by molar-refractivity contribution is 0.526. The molecule has 4 aromatic rings. The number of nitrogens with one attached hydrogen (secondary N) is 1. The fraction of sp³-hybridized carbons (Fsp3) is 0.462. The standard InChI is InChI=1S/C26H31N9O3S/c1-6-14(3)35-25-21(16(5)32-23(34-25)20-15(4)30-13-31-22(20)17-8-9-17)33-24(26(35)36)29-12-19-27-10-18(11-28-19)39(37,38)7-2/h10-11,13-14,17H,6-9,12H2,1-5H3,(H,29,33)/t14-/m0/s1. The lowest BCUT2D eigenvalue weighted by Gasteiger charge is -2.19. The first-order chi connectivity index (χ1) is 18.6. The van der Waals surface area contributed by atoms with E-state index in [0.29, 0.717) is 40.8 Å². The quantitative estimate of drug-likeness (QED) is 0.326. The normalized spacial score (nSPS) is 14.5. The minimum atomic E-state index is -3.40. The summed E-state index contributed by atoms with van der Waals surface area (Å²) >= 11 is 0. The number of hydrogen-bond donors (Lipinski definition) is 1. The van der Waals surface area contributed by atoms with Gasteiger partial charge in [-0.15, -0.1) is 0 Å². The van der Waals surface area contributed by atoms with Crippen molar-refractivity contribution in [2.75, 3.05) is 11.1 Å². The van der Waals surface area contributed by atoms with Gasteiger partial charge in [0, 0.05) is 24.4 Å². The first kappa shape index (κ1) is 26.7. The first-order valence-corrected chi connectivity index (χ1v) is 14.7. The van der Waals surface area contributed by atoms with Crippen molar-refractivity contribution < 1.29 is 8.42 Å². The van der Waals surface area contributed by atoms with Crippen LogP contribution in [-0.4, -0.2) is 53.6 Å². The summed E-state index contributed by atoms with van der Waals surface area (Å²) in [4.78, 5) is 45.2. The Morgan fingerprint density at radius 2 is 1.74 bits per heavy atom. The number of sulfone groups is 1. The lowest BCUT2D eigenvalue weighted by atomic mass is 10.1. The number of rotatable bonds is 9. The highest BCUT2D eigenvalue weighted by atomic mass is 32.2. The van der Waals surface area contributed by atoms with Gasteiger partial charge in [-0.2, -0.15) is 0 Å². The number of anilines is 1. The van der Waals surface area contributed by atoms with Gasteiger partial charge in [0.2, 0.25) is 0 Å². The van der Waals surface area contributed by atoms with Gasteiger partial charge in [-0.05, 0) is 40.0 Å². The fourth-order valence-corrected chi connectivity index (χ4v) is 5.16. The highest BCUT2D eigenvalue weighted by Gasteiger charge is 2.30. The van der Waals surface area contributed by atoms with Crippen LogP contribution in [0.15, 0.2) is 28.4 Å². The fourth-order valence-electron chi connectivity index (χ4n) is 4.40. The van der Waals surface area contributed by atoms with Crippen LogP contribution in [0.4, 0.5) is 5.82 Å². The van der Waals surface area contributed by atoms with Gasteiger partial charge in [-0.1, -0.05) is 13.8 Å². The number of aryl methyl sites for hydroxylation is 2. The molecule has 1 atom stereocenters. The summed E-state index contributed by atoms with van der Waals surface area (Å²) in [6, 6.07) is -0.156. The average molecular weight is 550 g/mol. The molecule has 1 N–H and O–H groups in total. The van der Waals surface area contributed by atoms with Crippen molar-refractivity contribution in [3.05, 3.63) is 52.0 Å². The van der Waals surface area contributed by atoms with E-state index in [9.17, 15) is 13.2 Å². The van der Waals surface area contributed by atoms with E-state index in [-0.39, 0.29) is 34.6 Å². The number of hydrogen-bond acceptors (Lipinski definition) is 11. The van der Waals surface area contributed by atoms with Gasteiger partial charge in [-0.25, -0.2) is 43.3 Å². The van der Waals surface area contributed by atoms with Crippen molar-refractivity contribution in [2.45, 2.75) is 77.3 Å². The van der Waals surface area contributed by atoms with Crippen LogP contribution in [0.1, 0.15) is 74.9 Å². The van der Waals surface area contributed by atoms with Crippen LogP contribution in [0, 0.1) is 13.8 Å². The molecule has 1 aliphatic rings. The molecule has 4 heterocycles. The molecule has 4 aromatic heterocycles. The maximum absolute atomic E-state index is 13.7. The third-order valence-corrected chi connectivity index (χ3v) is 8.72. The van der Waals surface area contributed by atoms with Crippen molar-refractivity contribution >= 4 is 26.8 Å². The van der Waals surface area contributed by atoms with Crippen molar-refractivity contribution in [3.63, 3.8) is 0 Å². The Kier molecular flexibility index (Phi) is 7.10. The zero-order valence-electron chi connectivity index (χ0n) is 22.6. The van der Waals surface area contributed by atoms with Crippen molar-refractivity contribution in [2.24, 2.45) is 0 Å².